The minimum absolute atomic E-state index is 0. The van der Waals surface area contributed by atoms with Crippen molar-refractivity contribution in [3.63, 3.8) is 0 Å². The van der Waals surface area contributed by atoms with Crippen LogP contribution < -0.4 is 10.4 Å². The van der Waals surface area contributed by atoms with Gasteiger partial charge in [-0.3, -0.25) is 0 Å². The summed E-state index contributed by atoms with van der Waals surface area (Å²) in [6.45, 7) is 13.6. The standard InChI is InChI=1S/C43H39N4Si.Pt/c1-29(2)45-28-46(40-20-10-9-19-39(40)45)33-15-12-16-34(26-33)48(5,6)35-21-22-37-36-17-7-8-18-38(36)47(41(37)27-35)42-25-32(23-24-44-42)43-30(3)13-11-14-31(43)4;/h7-25,28-29H,1-6H3;/q-1;. The molecule has 8 aromatic rings. The third-order valence-corrected chi connectivity index (χ3v) is 13.2. The van der Waals surface area contributed by atoms with Crippen molar-refractivity contribution < 1.29 is 21.1 Å². The largest absolute Gasteiger partial charge is 0.319 e. The fourth-order valence-electron chi connectivity index (χ4n) is 7.31. The molecule has 0 bridgehead atoms. The summed E-state index contributed by atoms with van der Waals surface area (Å²) in [4.78, 5) is 4.94. The number of hydrogen-bond donors (Lipinski definition) is 0. The predicted molar refractivity (Wildman–Crippen MR) is 204 cm³/mol. The van der Waals surface area contributed by atoms with E-state index in [2.05, 4.69) is 182 Å². The molecule has 3 aromatic heterocycles. The summed E-state index contributed by atoms with van der Waals surface area (Å²) in [7, 11) is -2.24. The number of benzene rings is 5. The van der Waals surface area contributed by atoms with Crippen LogP contribution in [0.25, 0.3) is 55.5 Å². The Morgan fingerprint density at radius 2 is 1.37 bits per heavy atom. The second-order valence-corrected chi connectivity index (χ2v) is 18.0. The van der Waals surface area contributed by atoms with Gasteiger partial charge >= 0.3 is 0 Å². The van der Waals surface area contributed by atoms with E-state index in [9.17, 15) is 0 Å². The summed E-state index contributed by atoms with van der Waals surface area (Å²) < 4.78 is 6.91. The van der Waals surface area contributed by atoms with E-state index >= 15 is 0 Å². The molecule has 6 heteroatoms. The maximum Gasteiger partial charge on any atom is 0.188 e. The summed E-state index contributed by atoms with van der Waals surface area (Å²) in [5.74, 6) is 0.903. The number of aryl methyl sites for hydroxylation is 2. The van der Waals surface area contributed by atoms with E-state index in [4.69, 9.17) is 4.98 Å². The van der Waals surface area contributed by atoms with Gasteiger partial charge in [0.25, 0.3) is 0 Å². The molecule has 0 radical (unpaired) electrons. The SMILES string of the molecule is Cc1cccc(C)c1-c1ccnc(-n2c3[c-]c([Si](C)(C)c4[c-]c(-n5[cH+]n(C(C)C)c6ccccc65)ccc4)ccc3c3ccccc32)c1.[Pt]. The van der Waals surface area contributed by atoms with Crippen molar-refractivity contribution in [2.45, 2.75) is 46.8 Å². The van der Waals surface area contributed by atoms with Crippen LogP contribution in [0, 0.1) is 26.0 Å². The van der Waals surface area contributed by atoms with E-state index in [1.165, 1.54) is 54.4 Å². The van der Waals surface area contributed by atoms with Crippen LogP contribution in [0.1, 0.15) is 31.0 Å². The van der Waals surface area contributed by atoms with Gasteiger partial charge < -0.3 is 4.57 Å². The summed E-state index contributed by atoms with van der Waals surface area (Å²) >= 11 is 0. The summed E-state index contributed by atoms with van der Waals surface area (Å²) in [6, 6.07) is 47.5. The molecule has 4 nitrogen and oxygen atoms in total. The van der Waals surface area contributed by atoms with Crippen LogP contribution in [-0.4, -0.2) is 26.8 Å². The molecule has 0 atom stereocenters. The van der Waals surface area contributed by atoms with Crippen LogP contribution in [-0.2, 0) is 21.1 Å². The number of pyridine rings is 1. The van der Waals surface area contributed by atoms with Gasteiger partial charge in [-0.05, 0) is 85.7 Å². The molecule has 0 unspecified atom stereocenters. The molecule has 0 N–H and O–H groups in total. The maximum absolute atomic E-state index is 4.94. The van der Waals surface area contributed by atoms with Gasteiger partial charge in [0.1, 0.15) is 5.82 Å². The van der Waals surface area contributed by atoms with Crippen molar-refractivity contribution in [3.05, 3.63) is 145 Å². The molecule has 0 aliphatic heterocycles. The average molecular weight is 835 g/mol. The van der Waals surface area contributed by atoms with E-state index in [1.807, 2.05) is 6.20 Å². The monoisotopic (exact) mass is 834 g/mol. The van der Waals surface area contributed by atoms with E-state index in [0.29, 0.717) is 6.04 Å². The van der Waals surface area contributed by atoms with Crippen LogP contribution in [0.5, 0.6) is 0 Å². The normalized spacial score (nSPS) is 11.9. The molecular formula is C43H39N4PtSi-. The minimum atomic E-state index is -2.24. The van der Waals surface area contributed by atoms with Crippen molar-refractivity contribution in [1.29, 1.82) is 0 Å². The smallest absolute Gasteiger partial charge is 0.188 e. The van der Waals surface area contributed by atoms with E-state index < -0.39 is 8.07 Å². The molecule has 0 aliphatic carbocycles. The Morgan fingerprint density at radius 3 is 2.12 bits per heavy atom. The number of rotatable bonds is 6. The zero-order valence-corrected chi connectivity index (χ0v) is 32.0. The minimum Gasteiger partial charge on any atom is -0.319 e. The third-order valence-electron chi connectivity index (χ3n) is 9.93. The van der Waals surface area contributed by atoms with Gasteiger partial charge in [0.2, 0.25) is 0 Å². The Kier molecular flexibility index (Phi) is 8.54. The zero-order valence-electron chi connectivity index (χ0n) is 28.7. The summed E-state index contributed by atoms with van der Waals surface area (Å²) in [5, 5.41) is 4.89. The topological polar surface area (TPSA) is 27.7 Å². The fourth-order valence-corrected chi connectivity index (χ4v) is 9.48. The Hall–Kier alpha value is -4.57. The number of imidazole rings is 1. The number of nitrogens with zero attached hydrogens (tertiary/aromatic N) is 4. The van der Waals surface area contributed by atoms with Crippen LogP contribution in [0.15, 0.2) is 122 Å². The van der Waals surface area contributed by atoms with Gasteiger partial charge in [-0.25, -0.2) is 14.1 Å². The summed E-state index contributed by atoms with van der Waals surface area (Å²) in [6.07, 6.45) is 4.16. The first-order valence-electron chi connectivity index (χ1n) is 16.8. The van der Waals surface area contributed by atoms with Gasteiger partial charge in [-0.1, -0.05) is 55.0 Å². The second-order valence-electron chi connectivity index (χ2n) is 13.7. The molecule has 0 saturated heterocycles. The first-order chi connectivity index (χ1) is 23.2. The molecule has 3 heterocycles. The molecule has 0 amide bonds. The summed E-state index contributed by atoms with van der Waals surface area (Å²) in [5.41, 5.74) is 10.6. The first kappa shape index (κ1) is 32.9. The van der Waals surface area contributed by atoms with Crippen molar-refractivity contribution in [3.8, 4) is 22.6 Å². The van der Waals surface area contributed by atoms with Crippen molar-refractivity contribution in [2.24, 2.45) is 0 Å². The fraction of sp³-hybridized carbons (Fsp3) is 0.163. The van der Waals surface area contributed by atoms with E-state index in [0.717, 1.165) is 22.5 Å². The van der Waals surface area contributed by atoms with Crippen molar-refractivity contribution >= 4 is 51.3 Å². The quantitative estimate of drug-likeness (QED) is 0.121. The molecule has 246 valence electrons. The molecule has 0 spiro atoms. The molecule has 0 aliphatic rings. The Labute approximate surface area is 304 Å². The van der Waals surface area contributed by atoms with Crippen LogP contribution in [0.3, 0.4) is 0 Å². The molecule has 0 saturated carbocycles. The average Bonchev–Trinajstić information content (AvgIpc) is 3.65. The van der Waals surface area contributed by atoms with Gasteiger partial charge in [-0.15, -0.1) is 17.5 Å². The molecular weight excluding hydrogens is 796 g/mol. The van der Waals surface area contributed by atoms with Crippen molar-refractivity contribution in [1.82, 2.24) is 18.7 Å². The second kappa shape index (κ2) is 12.7. The van der Waals surface area contributed by atoms with Crippen LogP contribution >= 0.6 is 0 Å². The predicted octanol–water partition coefficient (Wildman–Crippen LogP) is 9.49. The first-order valence-corrected chi connectivity index (χ1v) is 19.8. The van der Waals surface area contributed by atoms with Gasteiger partial charge in [0.15, 0.2) is 17.4 Å². The van der Waals surface area contributed by atoms with Gasteiger partial charge in [0, 0.05) is 50.6 Å². The molecule has 8 rings (SSSR count). The van der Waals surface area contributed by atoms with E-state index in [-0.39, 0.29) is 21.1 Å². The Bertz CT molecular complexity index is 2480. The van der Waals surface area contributed by atoms with Crippen LogP contribution in [0.2, 0.25) is 13.1 Å². The van der Waals surface area contributed by atoms with E-state index in [1.54, 1.807) is 0 Å². The Morgan fingerprint density at radius 1 is 0.694 bits per heavy atom. The number of para-hydroxylation sites is 3. The van der Waals surface area contributed by atoms with Gasteiger partial charge in [0.05, 0.1) is 14.1 Å². The molecule has 49 heavy (non-hydrogen) atoms. The number of hydrogen-bond acceptors (Lipinski definition) is 1. The van der Waals surface area contributed by atoms with Crippen LogP contribution in [0.4, 0.5) is 0 Å². The molecule has 0 fully saturated rings. The third kappa shape index (κ3) is 5.50. The maximum atomic E-state index is 4.94. The molecule has 5 aromatic carbocycles. The van der Waals surface area contributed by atoms with Gasteiger partial charge in [-0.2, -0.15) is 40.7 Å². The zero-order chi connectivity index (χ0) is 33.2. The van der Waals surface area contributed by atoms with Crippen molar-refractivity contribution in [2.75, 3.05) is 0 Å². The number of fused-ring (bicyclic) bond motifs is 4. The Balaban J connectivity index is 0.00000378. The number of aromatic nitrogens is 4.